The van der Waals surface area contributed by atoms with Gasteiger partial charge in [0.15, 0.2) is 11.6 Å². The summed E-state index contributed by atoms with van der Waals surface area (Å²) in [6, 6.07) is 9.00. The molecule has 1 N–H and O–H groups in total. The number of hydrogen-bond acceptors (Lipinski definition) is 3. The van der Waals surface area contributed by atoms with Crippen LogP contribution < -0.4 is 9.62 Å². The van der Waals surface area contributed by atoms with Crippen LogP contribution in [-0.2, 0) is 21.4 Å². The van der Waals surface area contributed by atoms with Crippen LogP contribution in [-0.4, -0.2) is 26.6 Å². The second-order valence-electron chi connectivity index (χ2n) is 5.98. The highest BCUT2D eigenvalue weighted by Gasteiger charge is 2.29. The lowest BCUT2D eigenvalue weighted by Crippen LogP contribution is -2.47. The predicted molar refractivity (Wildman–Crippen MR) is 96.2 cm³/mol. The van der Waals surface area contributed by atoms with Crippen LogP contribution in [0.2, 0.25) is 0 Å². The summed E-state index contributed by atoms with van der Waals surface area (Å²) in [5, 5.41) is 2.68. The van der Waals surface area contributed by atoms with E-state index in [0.29, 0.717) is 0 Å². The van der Waals surface area contributed by atoms with E-state index in [1.165, 1.54) is 6.92 Å². The highest BCUT2D eigenvalue weighted by atomic mass is 32.2. The number of anilines is 1. The van der Waals surface area contributed by atoms with E-state index in [4.69, 9.17) is 0 Å². The summed E-state index contributed by atoms with van der Waals surface area (Å²) in [6.45, 7) is 3.51. The second-order valence-corrected chi connectivity index (χ2v) is 7.84. The smallest absolute Gasteiger partial charge is 0.243 e. The Balaban J connectivity index is 2.23. The Labute approximate surface area is 151 Å². The number of hydrogen-bond donors (Lipinski definition) is 1. The van der Waals surface area contributed by atoms with Crippen molar-refractivity contribution >= 4 is 21.6 Å². The molecule has 0 aliphatic carbocycles. The highest BCUT2D eigenvalue weighted by molar-refractivity contribution is 7.92. The van der Waals surface area contributed by atoms with E-state index < -0.39 is 33.6 Å². The van der Waals surface area contributed by atoms with Gasteiger partial charge in [-0.2, -0.15) is 0 Å². The maximum absolute atomic E-state index is 13.5. The Morgan fingerprint density at radius 1 is 1.15 bits per heavy atom. The Bertz CT molecular complexity index is 916. The van der Waals surface area contributed by atoms with Gasteiger partial charge in [0.2, 0.25) is 15.9 Å². The van der Waals surface area contributed by atoms with E-state index in [0.717, 1.165) is 39.9 Å². The number of carbonyl (C=O) groups is 1. The van der Waals surface area contributed by atoms with Crippen LogP contribution in [0.3, 0.4) is 0 Å². The normalized spacial score (nSPS) is 12.5. The number of rotatable bonds is 6. The van der Waals surface area contributed by atoms with Crippen LogP contribution in [0.15, 0.2) is 42.5 Å². The summed E-state index contributed by atoms with van der Waals surface area (Å²) in [7, 11) is -3.90. The third-order valence-corrected chi connectivity index (χ3v) is 5.20. The van der Waals surface area contributed by atoms with Crippen molar-refractivity contribution in [3.63, 3.8) is 0 Å². The molecule has 1 atom stereocenters. The minimum Gasteiger partial charge on any atom is -0.350 e. The second kappa shape index (κ2) is 7.82. The van der Waals surface area contributed by atoms with Gasteiger partial charge in [-0.1, -0.05) is 24.3 Å². The van der Waals surface area contributed by atoms with Crippen molar-refractivity contribution < 1.29 is 22.0 Å². The first kappa shape index (κ1) is 19.8. The van der Waals surface area contributed by atoms with Crippen molar-refractivity contribution in [1.82, 2.24) is 5.32 Å². The molecule has 2 rings (SSSR count). The van der Waals surface area contributed by atoms with Crippen molar-refractivity contribution in [3.8, 4) is 0 Å². The number of amides is 1. The molecule has 8 heteroatoms. The van der Waals surface area contributed by atoms with E-state index in [9.17, 15) is 22.0 Å². The van der Waals surface area contributed by atoms with Gasteiger partial charge in [-0.05, 0) is 37.1 Å². The maximum atomic E-state index is 13.5. The molecule has 0 aliphatic heterocycles. The molecule has 0 unspecified atom stereocenters. The summed E-state index contributed by atoms with van der Waals surface area (Å²) >= 11 is 0. The molecule has 0 aliphatic rings. The monoisotopic (exact) mass is 382 g/mol. The molecular formula is C18H20F2N2O3S. The lowest BCUT2D eigenvalue weighted by Gasteiger charge is -2.28. The van der Waals surface area contributed by atoms with Crippen LogP contribution in [0.4, 0.5) is 14.5 Å². The number of carbonyl (C=O) groups excluding carboxylic acids is 1. The highest BCUT2D eigenvalue weighted by Crippen LogP contribution is 2.23. The molecule has 2 aromatic rings. The Kier molecular flexibility index (Phi) is 5.97. The minimum atomic E-state index is -3.90. The first-order valence-electron chi connectivity index (χ1n) is 7.88. The first-order valence-corrected chi connectivity index (χ1v) is 9.72. The van der Waals surface area contributed by atoms with Crippen LogP contribution in [0.5, 0.6) is 0 Å². The lowest BCUT2D eigenvalue weighted by molar-refractivity contribution is -0.122. The summed E-state index contributed by atoms with van der Waals surface area (Å²) in [5.41, 5.74) is 1.76. The molecule has 0 saturated heterocycles. The quantitative estimate of drug-likeness (QED) is 0.835. The Hall–Kier alpha value is -2.48. The SMILES string of the molecule is Cc1ccccc1CNC(=O)[C@H](C)N(c1ccc(F)c(F)c1)S(C)(=O)=O. The zero-order chi connectivity index (χ0) is 19.5. The number of benzene rings is 2. The average Bonchev–Trinajstić information content (AvgIpc) is 2.56. The molecule has 0 aromatic heterocycles. The molecule has 0 radical (unpaired) electrons. The third-order valence-electron chi connectivity index (χ3n) is 3.96. The van der Waals surface area contributed by atoms with Crippen molar-refractivity contribution in [2.24, 2.45) is 0 Å². The molecule has 0 spiro atoms. The van der Waals surface area contributed by atoms with Crippen molar-refractivity contribution in [2.75, 3.05) is 10.6 Å². The standard InChI is InChI=1S/C18H20F2N2O3S/c1-12-6-4-5-7-14(12)11-21-18(23)13(2)22(26(3,24)25)15-8-9-16(19)17(20)10-15/h4-10,13H,11H2,1-3H3,(H,21,23)/t13-/m0/s1. The van der Waals surface area contributed by atoms with E-state index >= 15 is 0 Å². The molecule has 0 fully saturated rings. The maximum Gasteiger partial charge on any atom is 0.243 e. The third kappa shape index (κ3) is 4.57. The zero-order valence-electron chi connectivity index (χ0n) is 14.7. The fraction of sp³-hybridized carbons (Fsp3) is 0.278. The molecule has 2 aromatic carbocycles. The van der Waals surface area contributed by atoms with Crippen LogP contribution >= 0.6 is 0 Å². The van der Waals surface area contributed by atoms with Gasteiger partial charge < -0.3 is 5.32 Å². The summed E-state index contributed by atoms with van der Waals surface area (Å²) in [4.78, 5) is 12.5. The summed E-state index contributed by atoms with van der Waals surface area (Å²) in [6.07, 6.45) is 0.902. The van der Waals surface area contributed by atoms with Crippen LogP contribution in [0.25, 0.3) is 0 Å². The number of aryl methyl sites for hydroxylation is 1. The van der Waals surface area contributed by atoms with Crippen molar-refractivity contribution in [3.05, 3.63) is 65.2 Å². The molecule has 5 nitrogen and oxygen atoms in total. The van der Waals surface area contributed by atoms with Gasteiger partial charge in [0, 0.05) is 12.6 Å². The number of nitrogens with zero attached hydrogens (tertiary/aromatic N) is 1. The lowest BCUT2D eigenvalue weighted by atomic mass is 10.1. The van der Waals surface area contributed by atoms with Crippen molar-refractivity contribution in [1.29, 1.82) is 0 Å². The summed E-state index contributed by atoms with van der Waals surface area (Å²) < 4.78 is 51.7. The van der Waals surface area contributed by atoms with E-state index in [2.05, 4.69) is 5.32 Å². The number of sulfonamides is 1. The number of nitrogens with one attached hydrogen (secondary N) is 1. The van der Waals surface area contributed by atoms with Crippen LogP contribution in [0, 0.1) is 18.6 Å². The van der Waals surface area contributed by atoms with Gasteiger partial charge >= 0.3 is 0 Å². The molecule has 26 heavy (non-hydrogen) atoms. The first-order chi connectivity index (χ1) is 12.1. The average molecular weight is 382 g/mol. The largest absolute Gasteiger partial charge is 0.350 e. The fourth-order valence-corrected chi connectivity index (χ4v) is 3.74. The number of halogens is 2. The van der Waals surface area contributed by atoms with E-state index in [-0.39, 0.29) is 12.2 Å². The molecule has 0 saturated carbocycles. The van der Waals surface area contributed by atoms with Gasteiger partial charge in [-0.15, -0.1) is 0 Å². The molecular weight excluding hydrogens is 362 g/mol. The van der Waals surface area contributed by atoms with Crippen LogP contribution in [0.1, 0.15) is 18.1 Å². The molecule has 0 bridgehead atoms. The molecule has 0 heterocycles. The Morgan fingerprint density at radius 3 is 2.38 bits per heavy atom. The zero-order valence-corrected chi connectivity index (χ0v) is 15.5. The fourth-order valence-electron chi connectivity index (χ4n) is 2.57. The van der Waals surface area contributed by atoms with E-state index in [1.54, 1.807) is 0 Å². The van der Waals surface area contributed by atoms with Gasteiger partial charge in [0.05, 0.1) is 11.9 Å². The Morgan fingerprint density at radius 2 is 1.81 bits per heavy atom. The van der Waals surface area contributed by atoms with Gasteiger partial charge in [0.25, 0.3) is 0 Å². The molecule has 1 amide bonds. The van der Waals surface area contributed by atoms with Gasteiger partial charge in [-0.25, -0.2) is 17.2 Å². The van der Waals surface area contributed by atoms with Gasteiger partial charge in [0.1, 0.15) is 6.04 Å². The minimum absolute atomic E-state index is 0.120. The predicted octanol–water partition coefficient (Wildman–Crippen LogP) is 2.74. The van der Waals surface area contributed by atoms with Crippen molar-refractivity contribution in [2.45, 2.75) is 26.4 Å². The molecule has 140 valence electrons. The van der Waals surface area contributed by atoms with Gasteiger partial charge in [-0.3, -0.25) is 9.10 Å². The van der Waals surface area contributed by atoms with E-state index in [1.807, 2.05) is 31.2 Å². The summed E-state index contributed by atoms with van der Waals surface area (Å²) in [5.74, 6) is -2.84. The topological polar surface area (TPSA) is 66.5 Å².